The second kappa shape index (κ2) is 7.87. The van der Waals surface area contributed by atoms with E-state index in [1.54, 1.807) is 0 Å². The van der Waals surface area contributed by atoms with Crippen LogP contribution in [0.1, 0.15) is 32.1 Å². The van der Waals surface area contributed by atoms with Crippen LogP contribution in [0.2, 0.25) is 0 Å². The maximum absolute atomic E-state index is 13.2. The Kier molecular flexibility index (Phi) is 5.30. The third kappa shape index (κ3) is 3.73. The van der Waals surface area contributed by atoms with Gasteiger partial charge in [0.15, 0.2) is 0 Å². The molecule has 1 aromatic rings. The first-order valence-corrected chi connectivity index (χ1v) is 9.98. The summed E-state index contributed by atoms with van der Waals surface area (Å²) in [6, 6.07) is 5.58. The molecule has 2 aliphatic heterocycles. The second-order valence-electron chi connectivity index (χ2n) is 7.76. The predicted molar refractivity (Wildman–Crippen MR) is 104 cm³/mol. The predicted octanol–water partition coefficient (Wildman–Crippen LogP) is 1.33. The van der Waals surface area contributed by atoms with E-state index in [1.165, 1.54) is 55.0 Å². The Morgan fingerprint density at radius 3 is 2.29 bits per heavy atom. The van der Waals surface area contributed by atoms with Crippen molar-refractivity contribution in [3.8, 4) is 0 Å². The summed E-state index contributed by atoms with van der Waals surface area (Å²) >= 11 is 0. The third-order valence-electron chi connectivity index (χ3n) is 6.02. The molecular weight excluding hydrogens is 361 g/mol. The zero-order valence-corrected chi connectivity index (χ0v) is 15.9. The van der Waals surface area contributed by atoms with E-state index in [0.29, 0.717) is 30.5 Å². The molecule has 0 radical (unpaired) electrons. The summed E-state index contributed by atoms with van der Waals surface area (Å²) in [7, 11) is 0. The molecule has 7 nitrogen and oxygen atoms in total. The number of nitrogens with zero attached hydrogens (tertiary/aromatic N) is 4. The van der Waals surface area contributed by atoms with Gasteiger partial charge in [0, 0.05) is 38.6 Å². The van der Waals surface area contributed by atoms with Crippen molar-refractivity contribution in [1.29, 1.82) is 0 Å². The molecule has 2 amide bonds. The lowest BCUT2D eigenvalue weighted by atomic mass is 10.1. The monoisotopic (exact) mass is 387 g/mol. The number of amides is 2. The van der Waals surface area contributed by atoms with Crippen molar-refractivity contribution < 1.29 is 14.0 Å². The minimum atomic E-state index is -0.732. The molecule has 4 rings (SSSR count). The third-order valence-corrected chi connectivity index (χ3v) is 6.02. The van der Waals surface area contributed by atoms with Crippen LogP contribution in [-0.4, -0.2) is 65.6 Å². The number of carbonyl (C=O) groups is 2. The summed E-state index contributed by atoms with van der Waals surface area (Å²) in [6.07, 6.45) is 5.29. The molecule has 0 spiro atoms. The largest absolute Gasteiger partial charge is 0.368 e. The Balaban J connectivity index is 1.44. The summed E-state index contributed by atoms with van der Waals surface area (Å²) in [5.74, 6) is -1.07. The van der Waals surface area contributed by atoms with Crippen molar-refractivity contribution in [3.63, 3.8) is 0 Å². The number of rotatable bonds is 4. The molecule has 0 bridgehead atoms. The summed E-state index contributed by atoms with van der Waals surface area (Å²) in [4.78, 5) is 29.2. The second-order valence-corrected chi connectivity index (χ2v) is 7.76. The maximum Gasteiger partial charge on any atom is 0.270 e. The average Bonchev–Trinajstić information content (AvgIpc) is 3.38. The number of piperazine rings is 1. The number of hydrogen-bond acceptors (Lipinski definition) is 5. The van der Waals surface area contributed by atoms with Gasteiger partial charge in [-0.25, -0.2) is 4.39 Å². The molecule has 1 aliphatic carbocycles. The van der Waals surface area contributed by atoms with E-state index in [4.69, 9.17) is 5.73 Å². The van der Waals surface area contributed by atoms with Crippen molar-refractivity contribution in [3.05, 3.63) is 30.1 Å². The number of hydrogen-bond donors (Lipinski definition) is 1. The molecule has 3 aliphatic rings. The van der Waals surface area contributed by atoms with E-state index in [1.807, 2.05) is 4.90 Å². The quantitative estimate of drug-likeness (QED) is 0.845. The summed E-state index contributed by atoms with van der Waals surface area (Å²) in [5, 5.41) is 5.82. The van der Waals surface area contributed by atoms with Crippen LogP contribution in [0.5, 0.6) is 0 Å². The summed E-state index contributed by atoms with van der Waals surface area (Å²) in [5.41, 5.74) is 6.40. The Morgan fingerprint density at radius 1 is 1.04 bits per heavy atom. The maximum atomic E-state index is 13.2. The number of primary amides is 1. The van der Waals surface area contributed by atoms with Crippen LogP contribution in [0.3, 0.4) is 0 Å². The van der Waals surface area contributed by atoms with E-state index in [2.05, 4.69) is 10.0 Å². The molecule has 2 fully saturated rings. The highest BCUT2D eigenvalue weighted by atomic mass is 19.1. The molecule has 8 heteroatoms. The lowest BCUT2D eigenvalue weighted by Crippen LogP contribution is -2.52. The lowest BCUT2D eigenvalue weighted by molar-refractivity contribution is -0.126. The fourth-order valence-electron chi connectivity index (χ4n) is 4.43. The minimum absolute atomic E-state index is 0.137. The molecule has 0 aromatic heterocycles. The number of carbonyl (C=O) groups excluding carboxylic acids is 2. The van der Waals surface area contributed by atoms with Gasteiger partial charge in [-0.15, -0.1) is 0 Å². The molecule has 150 valence electrons. The molecule has 1 aromatic carbocycles. The topological polar surface area (TPSA) is 82.2 Å². The molecule has 28 heavy (non-hydrogen) atoms. The van der Waals surface area contributed by atoms with Gasteiger partial charge in [0.25, 0.3) is 5.91 Å². The van der Waals surface area contributed by atoms with Crippen LogP contribution >= 0.6 is 0 Å². The zero-order chi connectivity index (χ0) is 19.7. The molecule has 1 saturated carbocycles. The first-order valence-electron chi connectivity index (χ1n) is 9.98. The van der Waals surface area contributed by atoms with Crippen molar-refractivity contribution in [2.75, 3.05) is 31.2 Å². The number of benzene rings is 1. The zero-order valence-electron chi connectivity index (χ0n) is 15.9. The molecule has 1 atom stereocenters. The smallest absolute Gasteiger partial charge is 0.270 e. The van der Waals surface area contributed by atoms with Crippen LogP contribution < -0.4 is 10.7 Å². The molecule has 2 heterocycles. The Hall–Kier alpha value is -2.48. The van der Waals surface area contributed by atoms with Gasteiger partial charge in [0.05, 0.1) is 5.69 Å². The van der Waals surface area contributed by atoms with Crippen molar-refractivity contribution in [1.82, 2.24) is 9.80 Å². The highest BCUT2D eigenvalue weighted by Crippen LogP contribution is 2.27. The van der Waals surface area contributed by atoms with Gasteiger partial charge in [-0.3, -0.25) is 19.5 Å². The fourth-order valence-corrected chi connectivity index (χ4v) is 4.43. The van der Waals surface area contributed by atoms with Gasteiger partial charge in [0.2, 0.25) is 5.91 Å². The first-order chi connectivity index (χ1) is 13.5. The standard InChI is InChI=1S/C20H26FN5O2/c21-14-5-7-16(8-6-14)26-18(19(22)27)13-17(23-26)20(28)25-11-9-24(10-12-25)15-3-1-2-4-15/h5-8,15,18H,1-4,9-13H2,(H2,22,27). The number of anilines is 1. The van der Waals surface area contributed by atoms with Crippen LogP contribution in [0, 0.1) is 5.82 Å². The average molecular weight is 387 g/mol. The van der Waals surface area contributed by atoms with Gasteiger partial charge in [-0.2, -0.15) is 5.10 Å². The fraction of sp³-hybridized carbons (Fsp3) is 0.550. The van der Waals surface area contributed by atoms with Gasteiger partial charge in [-0.05, 0) is 37.1 Å². The number of nitrogens with two attached hydrogens (primary N) is 1. The van der Waals surface area contributed by atoms with Crippen molar-refractivity contribution in [2.45, 2.75) is 44.2 Å². The van der Waals surface area contributed by atoms with Gasteiger partial charge in [-0.1, -0.05) is 12.8 Å². The van der Waals surface area contributed by atoms with Crippen molar-refractivity contribution in [2.24, 2.45) is 10.8 Å². The van der Waals surface area contributed by atoms with Crippen LogP contribution in [0.15, 0.2) is 29.4 Å². The molecule has 1 saturated heterocycles. The Morgan fingerprint density at radius 2 is 1.68 bits per heavy atom. The SMILES string of the molecule is NC(=O)C1CC(C(=O)N2CCN(C3CCCC3)CC2)=NN1c1ccc(F)cc1. The van der Waals surface area contributed by atoms with Crippen LogP contribution in [0.4, 0.5) is 10.1 Å². The van der Waals surface area contributed by atoms with Crippen molar-refractivity contribution >= 4 is 23.2 Å². The van der Waals surface area contributed by atoms with Crippen LogP contribution in [0.25, 0.3) is 0 Å². The molecule has 1 unspecified atom stereocenters. The molecular formula is C20H26FN5O2. The molecule has 2 N–H and O–H groups in total. The number of halogens is 1. The number of hydrazone groups is 1. The highest BCUT2D eigenvalue weighted by molar-refractivity contribution is 6.40. The van der Waals surface area contributed by atoms with E-state index in [-0.39, 0.29) is 18.1 Å². The lowest BCUT2D eigenvalue weighted by Gasteiger charge is -2.38. The Bertz CT molecular complexity index is 767. The summed E-state index contributed by atoms with van der Waals surface area (Å²) < 4.78 is 13.2. The van der Waals surface area contributed by atoms with E-state index in [0.717, 1.165) is 13.1 Å². The van der Waals surface area contributed by atoms with Crippen LogP contribution in [-0.2, 0) is 9.59 Å². The first kappa shape index (κ1) is 18.9. The van der Waals surface area contributed by atoms with Gasteiger partial charge in [0.1, 0.15) is 17.6 Å². The normalized spacial score (nSPS) is 23.9. The van der Waals surface area contributed by atoms with E-state index in [9.17, 15) is 14.0 Å². The highest BCUT2D eigenvalue weighted by Gasteiger charge is 2.37. The van der Waals surface area contributed by atoms with Gasteiger partial charge < -0.3 is 10.6 Å². The minimum Gasteiger partial charge on any atom is -0.368 e. The Labute approximate surface area is 163 Å². The van der Waals surface area contributed by atoms with Gasteiger partial charge >= 0.3 is 0 Å². The van der Waals surface area contributed by atoms with E-state index < -0.39 is 11.9 Å². The summed E-state index contributed by atoms with van der Waals surface area (Å²) in [6.45, 7) is 3.10. The van der Waals surface area contributed by atoms with E-state index >= 15 is 0 Å².